The summed E-state index contributed by atoms with van der Waals surface area (Å²) in [5, 5.41) is 10.1. The third kappa shape index (κ3) is 6.61. The molecule has 1 aromatic rings. The van der Waals surface area contributed by atoms with Gasteiger partial charge in [0.05, 0.1) is 17.8 Å². The Balaban J connectivity index is 1.69. The first-order chi connectivity index (χ1) is 11.8. The molecule has 0 unspecified atom stereocenters. The van der Waals surface area contributed by atoms with Crippen molar-refractivity contribution in [3.63, 3.8) is 0 Å². The fourth-order valence-electron chi connectivity index (χ4n) is 2.67. The molecule has 0 amide bonds. The fourth-order valence-corrected chi connectivity index (χ4v) is 2.67. The minimum Gasteiger partial charge on any atom is -0.478 e. The number of rotatable bonds is 9. The smallest absolute Gasteiger partial charge is 0.311 e. The van der Waals surface area contributed by atoms with E-state index >= 15 is 0 Å². The monoisotopic (exact) mass is 348 g/mol. The third-order valence-electron chi connectivity index (χ3n) is 5.19. The lowest BCUT2D eigenvalue weighted by Gasteiger charge is -2.37. The van der Waals surface area contributed by atoms with Crippen molar-refractivity contribution in [1.29, 1.82) is 0 Å². The van der Waals surface area contributed by atoms with Crippen molar-refractivity contribution in [3.05, 3.63) is 18.3 Å². The number of likely N-dealkylation sites (tertiary alicyclic amines) is 1. The van der Waals surface area contributed by atoms with Crippen LogP contribution in [0.2, 0.25) is 0 Å². The Kier molecular flexibility index (Phi) is 7.29. The van der Waals surface area contributed by atoms with Crippen molar-refractivity contribution in [2.24, 2.45) is 0 Å². The lowest BCUT2D eigenvalue weighted by atomic mass is 9.83. The Bertz CT molecular complexity index is 508. The van der Waals surface area contributed by atoms with Crippen LogP contribution in [0, 0.1) is 0 Å². The summed E-state index contributed by atoms with van der Waals surface area (Å²) < 4.78 is 11.6. The minimum atomic E-state index is -0.905. The molecule has 1 aromatic heterocycles. The summed E-state index contributed by atoms with van der Waals surface area (Å²) in [6.07, 6.45) is 6.85. The molecular weight excluding hydrogens is 315 g/mol. The minimum absolute atomic E-state index is 0.416. The van der Waals surface area contributed by atoms with Crippen LogP contribution < -0.4 is 10.2 Å². The predicted octanol–water partition coefficient (Wildman–Crippen LogP) is 1.88. The lowest BCUT2D eigenvalue weighted by molar-refractivity contribution is -0.0893. The van der Waals surface area contributed by atoms with Crippen LogP contribution in [-0.4, -0.2) is 59.9 Å². The first kappa shape index (κ1) is 20.2. The second kappa shape index (κ2) is 9.01. The summed E-state index contributed by atoms with van der Waals surface area (Å²) >= 11 is 0. The van der Waals surface area contributed by atoms with Crippen LogP contribution in [0.5, 0.6) is 5.88 Å². The van der Waals surface area contributed by atoms with Gasteiger partial charge >= 0.3 is 7.48 Å². The Labute approximate surface area is 153 Å². The van der Waals surface area contributed by atoms with E-state index in [0.29, 0.717) is 20.0 Å². The summed E-state index contributed by atoms with van der Waals surface area (Å²) in [4.78, 5) is 6.87. The molecule has 0 radical (unpaired) electrons. The van der Waals surface area contributed by atoms with Crippen LogP contribution in [0.15, 0.2) is 18.3 Å². The predicted molar refractivity (Wildman–Crippen MR) is 103 cm³/mol. The maximum absolute atomic E-state index is 10.1. The fraction of sp³-hybridized carbons (Fsp3) is 0.737. The Hall–Kier alpha value is -1.11. The van der Waals surface area contributed by atoms with Crippen LogP contribution >= 0.6 is 0 Å². The van der Waals surface area contributed by atoms with Gasteiger partial charge in [0.15, 0.2) is 0 Å². The number of hydrogen-bond acceptors (Lipinski definition) is 5. The van der Waals surface area contributed by atoms with Gasteiger partial charge in [-0.1, -0.05) is 12.5 Å². The SMILES string of the molecule is CC(C)(O)C(C)(C)OBc1ccc(OCCCN2CCCCC2)nc1. The number of aromatic nitrogens is 1. The number of ether oxygens (including phenoxy) is 1. The molecule has 1 saturated heterocycles. The molecule has 2 heterocycles. The lowest BCUT2D eigenvalue weighted by Crippen LogP contribution is -2.49. The highest BCUT2D eigenvalue weighted by Crippen LogP contribution is 2.24. The highest BCUT2D eigenvalue weighted by atomic mass is 16.5. The van der Waals surface area contributed by atoms with Gasteiger partial charge in [-0.2, -0.15) is 0 Å². The third-order valence-corrected chi connectivity index (χ3v) is 5.19. The molecule has 1 fully saturated rings. The molecule has 0 aromatic carbocycles. The standard InChI is InChI=1S/C19H33BN2O3/c1-18(2,23)19(3,4)25-20-16-9-10-17(21-15-16)24-14-8-13-22-11-6-5-7-12-22/h9-10,15,20,23H,5-8,11-14H2,1-4H3. The molecule has 6 heteroatoms. The van der Waals surface area contributed by atoms with E-state index in [1.807, 2.05) is 26.0 Å². The molecule has 0 atom stereocenters. The number of aliphatic hydroxyl groups is 1. The van der Waals surface area contributed by atoms with Gasteiger partial charge in [-0.15, -0.1) is 0 Å². The van der Waals surface area contributed by atoms with Gasteiger partial charge in [0, 0.05) is 12.7 Å². The van der Waals surface area contributed by atoms with E-state index in [9.17, 15) is 5.11 Å². The molecule has 25 heavy (non-hydrogen) atoms. The topological polar surface area (TPSA) is 54.8 Å². The van der Waals surface area contributed by atoms with Crippen molar-refractivity contribution in [3.8, 4) is 5.88 Å². The molecule has 0 bridgehead atoms. The average molecular weight is 348 g/mol. The zero-order valence-electron chi connectivity index (χ0n) is 16.3. The number of hydrogen-bond donors (Lipinski definition) is 1. The summed E-state index contributed by atoms with van der Waals surface area (Å²) in [7, 11) is 0.416. The summed E-state index contributed by atoms with van der Waals surface area (Å²) in [6, 6.07) is 3.85. The van der Waals surface area contributed by atoms with Gasteiger partial charge in [-0.25, -0.2) is 4.98 Å². The van der Waals surface area contributed by atoms with Crippen LogP contribution in [0.25, 0.3) is 0 Å². The Morgan fingerprint density at radius 3 is 2.48 bits per heavy atom. The van der Waals surface area contributed by atoms with E-state index in [1.54, 1.807) is 20.0 Å². The van der Waals surface area contributed by atoms with Crippen LogP contribution in [-0.2, 0) is 4.65 Å². The first-order valence-electron chi connectivity index (χ1n) is 9.44. The van der Waals surface area contributed by atoms with E-state index in [2.05, 4.69) is 9.88 Å². The van der Waals surface area contributed by atoms with Gasteiger partial charge in [0.1, 0.15) is 0 Å². The first-order valence-corrected chi connectivity index (χ1v) is 9.44. The van der Waals surface area contributed by atoms with E-state index < -0.39 is 11.2 Å². The van der Waals surface area contributed by atoms with E-state index in [0.717, 1.165) is 18.4 Å². The van der Waals surface area contributed by atoms with Crippen molar-refractivity contribution in [2.45, 2.75) is 64.6 Å². The molecule has 1 N–H and O–H groups in total. The van der Waals surface area contributed by atoms with Gasteiger partial charge < -0.3 is 19.4 Å². The maximum atomic E-state index is 10.1. The van der Waals surface area contributed by atoms with Crippen LogP contribution in [0.1, 0.15) is 53.4 Å². The van der Waals surface area contributed by atoms with Gasteiger partial charge in [0.25, 0.3) is 0 Å². The molecule has 5 nitrogen and oxygen atoms in total. The molecule has 1 aliphatic heterocycles. The molecule has 0 spiro atoms. The molecule has 140 valence electrons. The zero-order chi connectivity index (χ0) is 18.3. The van der Waals surface area contributed by atoms with Crippen molar-refractivity contribution in [2.75, 3.05) is 26.2 Å². The van der Waals surface area contributed by atoms with Crippen LogP contribution in [0.3, 0.4) is 0 Å². The summed E-state index contributed by atoms with van der Waals surface area (Å²) in [6.45, 7) is 11.6. The van der Waals surface area contributed by atoms with Crippen molar-refractivity contribution in [1.82, 2.24) is 9.88 Å². The molecule has 0 saturated carbocycles. The molecule has 1 aliphatic rings. The highest BCUT2D eigenvalue weighted by Gasteiger charge is 2.35. The van der Waals surface area contributed by atoms with Gasteiger partial charge in [-0.05, 0) is 71.6 Å². The van der Waals surface area contributed by atoms with E-state index in [4.69, 9.17) is 9.39 Å². The van der Waals surface area contributed by atoms with Crippen LogP contribution in [0.4, 0.5) is 0 Å². The quantitative estimate of drug-likeness (QED) is 0.546. The molecule has 0 aliphatic carbocycles. The Morgan fingerprint density at radius 1 is 1.16 bits per heavy atom. The zero-order valence-corrected chi connectivity index (χ0v) is 16.3. The Morgan fingerprint density at radius 2 is 1.88 bits per heavy atom. The number of nitrogens with zero attached hydrogens (tertiary/aromatic N) is 2. The van der Waals surface area contributed by atoms with Gasteiger partial charge in [-0.3, -0.25) is 0 Å². The van der Waals surface area contributed by atoms with Crippen molar-refractivity contribution >= 4 is 12.9 Å². The van der Waals surface area contributed by atoms with Crippen molar-refractivity contribution < 1.29 is 14.5 Å². The number of pyridine rings is 1. The summed E-state index contributed by atoms with van der Waals surface area (Å²) in [5.41, 5.74) is -0.563. The molecular formula is C19H33BN2O3. The highest BCUT2D eigenvalue weighted by molar-refractivity contribution is 6.46. The van der Waals surface area contributed by atoms with E-state index in [-0.39, 0.29) is 0 Å². The number of piperidine rings is 1. The second-order valence-electron chi connectivity index (χ2n) is 7.97. The second-order valence-corrected chi connectivity index (χ2v) is 7.97. The van der Waals surface area contributed by atoms with E-state index in [1.165, 1.54) is 32.4 Å². The summed E-state index contributed by atoms with van der Waals surface area (Å²) in [5.74, 6) is 0.657. The maximum Gasteiger partial charge on any atom is 0.311 e. The van der Waals surface area contributed by atoms with Gasteiger partial charge in [0.2, 0.25) is 5.88 Å². The average Bonchev–Trinajstić information content (AvgIpc) is 2.58. The normalized spacial score (nSPS) is 16.7. The largest absolute Gasteiger partial charge is 0.478 e. The molecule has 2 rings (SSSR count).